The highest BCUT2D eigenvalue weighted by atomic mass is 32.2. The molecule has 0 amide bonds. The van der Waals surface area contributed by atoms with Crippen molar-refractivity contribution in [1.82, 2.24) is 9.97 Å². The van der Waals surface area contributed by atoms with E-state index in [0.29, 0.717) is 11.4 Å². The Morgan fingerprint density at radius 1 is 0.377 bits per heavy atom. The lowest BCUT2D eigenvalue weighted by atomic mass is 10.0. The van der Waals surface area contributed by atoms with Crippen LogP contribution < -0.4 is 9.80 Å². The number of rotatable bonds is 4. The Kier molecular flexibility index (Phi) is 6.96. The van der Waals surface area contributed by atoms with Crippen LogP contribution in [0.4, 0.5) is 34.1 Å². The molecular weight excluding hydrogens is 689 g/mol. The Balaban J connectivity index is 0.926. The van der Waals surface area contributed by atoms with Crippen LogP contribution in [0.25, 0.3) is 44.5 Å². The highest BCUT2D eigenvalue weighted by Crippen LogP contribution is 2.52. The zero-order chi connectivity index (χ0) is 34.9. The highest BCUT2D eigenvalue weighted by molar-refractivity contribution is 8.00. The van der Waals surface area contributed by atoms with Gasteiger partial charge in [0.2, 0.25) is 11.4 Å². The lowest BCUT2D eigenvalue weighted by Gasteiger charge is -2.32. The van der Waals surface area contributed by atoms with Crippen molar-refractivity contribution in [3.63, 3.8) is 0 Å². The zero-order valence-electron chi connectivity index (χ0n) is 28.2. The summed E-state index contributed by atoms with van der Waals surface area (Å²) in [5.74, 6) is 0. The molecule has 2 aliphatic rings. The summed E-state index contributed by atoms with van der Waals surface area (Å²) in [5.41, 5.74) is 12.4. The molecule has 0 fully saturated rings. The summed E-state index contributed by atoms with van der Waals surface area (Å²) in [5, 5.41) is 1.89. The smallest absolute Gasteiger partial charge is 0.229 e. The minimum Gasteiger partial charge on any atom is -0.419 e. The molecule has 3 aromatic heterocycles. The topological polar surface area (TPSA) is 45.4 Å². The molecule has 2 aliphatic heterocycles. The molecule has 0 bridgehead atoms. The van der Waals surface area contributed by atoms with E-state index >= 15 is 0 Å². The number of pyridine rings is 2. The fourth-order valence-electron chi connectivity index (χ4n) is 7.43. The fourth-order valence-corrected chi connectivity index (χ4v) is 9.55. The maximum atomic E-state index is 6.12. The Hall–Kier alpha value is -6.28. The third kappa shape index (κ3) is 5.04. The first-order valence-electron chi connectivity index (χ1n) is 17.5. The second-order valence-electron chi connectivity index (χ2n) is 13.1. The van der Waals surface area contributed by atoms with Gasteiger partial charge in [0.15, 0.2) is 0 Å². The molecule has 0 unspecified atom stereocenters. The number of hydrogen-bond donors (Lipinski definition) is 0. The summed E-state index contributed by atoms with van der Waals surface area (Å²) in [7, 11) is 0. The van der Waals surface area contributed by atoms with Crippen LogP contribution in [0.2, 0.25) is 0 Å². The van der Waals surface area contributed by atoms with E-state index < -0.39 is 0 Å². The van der Waals surface area contributed by atoms with Crippen molar-refractivity contribution in [2.75, 3.05) is 9.80 Å². The summed E-state index contributed by atoms with van der Waals surface area (Å²) < 4.78 is 6.12. The molecule has 0 spiro atoms. The summed E-state index contributed by atoms with van der Waals surface area (Å²) >= 11 is 3.64. The minimum atomic E-state index is 0.583. The van der Waals surface area contributed by atoms with Gasteiger partial charge in [-0.25, -0.2) is 9.97 Å². The van der Waals surface area contributed by atoms with Gasteiger partial charge >= 0.3 is 0 Å². The quantitative estimate of drug-likeness (QED) is 0.180. The van der Waals surface area contributed by atoms with Crippen molar-refractivity contribution in [3.8, 4) is 22.3 Å². The monoisotopic (exact) mass is 716 g/mol. The van der Waals surface area contributed by atoms with E-state index in [-0.39, 0.29) is 0 Å². The molecule has 0 saturated carbocycles. The molecule has 0 radical (unpaired) electrons. The molecule has 0 aliphatic carbocycles. The summed E-state index contributed by atoms with van der Waals surface area (Å²) in [6.07, 6.45) is 3.77. The maximum Gasteiger partial charge on any atom is 0.229 e. The molecule has 11 rings (SSSR count). The molecule has 0 N–H and O–H groups in total. The Bertz CT molecular complexity index is 2580. The van der Waals surface area contributed by atoms with Crippen LogP contribution in [0.1, 0.15) is 0 Å². The van der Waals surface area contributed by atoms with Crippen molar-refractivity contribution in [3.05, 3.63) is 170 Å². The van der Waals surface area contributed by atoms with E-state index in [1.54, 1.807) is 0 Å². The van der Waals surface area contributed by atoms with Crippen LogP contribution in [-0.4, -0.2) is 9.97 Å². The molecule has 250 valence electrons. The molecule has 0 saturated heterocycles. The fraction of sp³-hybridized carbons (Fsp3) is 0. The van der Waals surface area contributed by atoms with Gasteiger partial charge in [0.25, 0.3) is 0 Å². The van der Waals surface area contributed by atoms with E-state index in [4.69, 9.17) is 14.4 Å². The molecule has 9 aromatic rings. The lowest BCUT2D eigenvalue weighted by Crippen LogP contribution is -2.14. The summed E-state index contributed by atoms with van der Waals surface area (Å²) in [4.78, 5) is 19.2. The first-order valence-corrected chi connectivity index (χ1v) is 19.1. The molecule has 53 heavy (non-hydrogen) atoms. The van der Waals surface area contributed by atoms with Crippen LogP contribution in [0, 0.1) is 0 Å². The van der Waals surface area contributed by atoms with Crippen molar-refractivity contribution in [2.45, 2.75) is 19.6 Å². The number of fused-ring (bicyclic) bond motifs is 7. The Morgan fingerprint density at radius 3 is 1.08 bits per heavy atom. The second-order valence-corrected chi connectivity index (χ2v) is 15.3. The van der Waals surface area contributed by atoms with Gasteiger partial charge in [0.05, 0.1) is 33.5 Å². The van der Waals surface area contributed by atoms with Gasteiger partial charge < -0.3 is 14.2 Å². The zero-order valence-corrected chi connectivity index (χ0v) is 29.8. The van der Waals surface area contributed by atoms with E-state index in [1.807, 2.05) is 35.9 Å². The predicted octanol–water partition coefficient (Wildman–Crippen LogP) is 13.6. The van der Waals surface area contributed by atoms with Crippen LogP contribution in [0.5, 0.6) is 0 Å². The number of anilines is 6. The molecule has 6 aromatic carbocycles. The van der Waals surface area contributed by atoms with Gasteiger partial charge in [-0.3, -0.25) is 0 Å². The van der Waals surface area contributed by atoms with Gasteiger partial charge in [-0.1, -0.05) is 96.3 Å². The van der Waals surface area contributed by atoms with Gasteiger partial charge in [0.1, 0.15) is 0 Å². The first-order chi connectivity index (χ1) is 26.2. The minimum absolute atomic E-state index is 0.583. The van der Waals surface area contributed by atoms with Crippen molar-refractivity contribution in [2.24, 2.45) is 0 Å². The molecular formula is C46H28N4OS2. The highest BCUT2D eigenvalue weighted by Gasteiger charge is 2.26. The predicted molar refractivity (Wildman–Crippen MR) is 218 cm³/mol. The number of nitrogens with zero attached hydrogens (tertiary/aromatic N) is 4. The van der Waals surface area contributed by atoms with Crippen molar-refractivity contribution < 1.29 is 4.42 Å². The Labute approximate surface area is 314 Å². The molecule has 5 nitrogen and oxygen atoms in total. The third-order valence-electron chi connectivity index (χ3n) is 9.97. The van der Waals surface area contributed by atoms with E-state index in [9.17, 15) is 0 Å². The van der Waals surface area contributed by atoms with Gasteiger partial charge in [0, 0.05) is 54.5 Å². The maximum absolute atomic E-state index is 6.12. The summed E-state index contributed by atoms with van der Waals surface area (Å²) in [6, 6.07) is 56.2. The van der Waals surface area contributed by atoms with Crippen LogP contribution in [-0.2, 0) is 0 Å². The van der Waals surface area contributed by atoms with E-state index in [2.05, 4.69) is 168 Å². The third-order valence-corrected chi connectivity index (χ3v) is 12.2. The van der Waals surface area contributed by atoms with E-state index in [1.165, 1.54) is 42.3 Å². The first kappa shape index (κ1) is 30.4. The van der Waals surface area contributed by atoms with Gasteiger partial charge in [-0.15, -0.1) is 0 Å². The van der Waals surface area contributed by atoms with Gasteiger partial charge in [-0.2, -0.15) is 0 Å². The number of benzene rings is 6. The lowest BCUT2D eigenvalue weighted by molar-refractivity contribution is 0.640. The number of furan rings is 1. The summed E-state index contributed by atoms with van der Waals surface area (Å²) in [6.45, 7) is 0. The standard InChI is InChI=1S/C46H28N4OS2/c1-5-13-41-37(9-1)49(38-10-2-6-14-42(38)52-41)33-21-17-29(18-22-33)31-25-35-36-26-32(28-48-46(36)51-45(35)47-27-31)30-19-23-34(24-20-30)50-39-11-3-7-15-43(39)53-44-16-8-4-12-40(44)50/h1-28H. The van der Waals surface area contributed by atoms with Gasteiger partial charge in [-0.05, 0) is 96.1 Å². The van der Waals surface area contributed by atoms with Crippen LogP contribution >= 0.6 is 23.5 Å². The van der Waals surface area contributed by atoms with Crippen molar-refractivity contribution >= 4 is 79.8 Å². The average Bonchev–Trinajstić information content (AvgIpc) is 3.59. The largest absolute Gasteiger partial charge is 0.419 e. The average molecular weight is 717 g/mol. The molecule has 5 heterocycles. The van der Waals surface area contributed by atoms with Crippen molar-refractivity contribution in [1.29, 1.82) is 0 Å². The Morgan fingerprint density at radius 2 is 0.717 bits per heavy atom. The number of aromatic nitrogens is 2. The van der Waals surface area contributed by atoms with E-state index in [0.717, 1.165) is 44.4 Å². The second kappa shape index (κ2) is 12.2. The normalized spacial score (nSPS) is 13.1. The van der Waals surface area contributed by atoms with Crippen LogP contribution in [0.3, 0.4) is 0 Å². The SMILES string of the molecule is c1ccc2c(c1)Sc1ccccc1N2c1ccc(-c2cnc3oc4ncc(-c5ccc(N6c7ccccc7Sc7ccccc76)cc5)cc4c3c2)cc1. The number of hydrogen-bond acceptors (Lipinski definition) is 7. The van der Waals surface area contributed by atoms with Crippen LogP contribution in [0.15, 0.2) is 194 Å². The molecule has 7 heteroatoms. The molecule has 0 atom stereocenters. The number of para-hydroxylation sites is 4.